The van der Waals surface area contributed by atoms with Crippen molar-refractivity contribution in [2.75, 3.05) is 32.9 Å². The lowest BCUT2D eigenvalue weighted by atomic mass is 10.1. The molecular formula is C21H30Cl2N4O2. The van der Waals surface area contributed by atoms with Crippen molar-refractivity contribution in [3.8, 4) is 0 Å². The Morgan fingerprint density at radius 1 is 0.966 bits per heavy atom. The van der Waals surface area contributed by atoms with E-state index in [0.29, 0.717) is 37.2 Å². The van der Waals surface area contributed by atoms with Crippen LogP contribution in [0.15, 0.2) is 48.5 Å². The second-order valence-corrected chi connectivity index (χ2v) is 6.73. The summed E-state index contributed by atoms with van der Waals surface area (Å²) in [5.74, 6) is -0.114. The third kappa shape index (κ3) is 9.65. The van der Waals surface area contributed by atoms with Gasteiger partial charge in [-0.3, -0.25) is 9.59 Å². The SMILES string of the molecule is CN(C)CCNC(=O)c1ccc(CNC(=O)CCc2ccccc2N)cc1.Cl.Cl. The van der Waals surface area contributed by atoms with Crippen LogP contribution in [0.2, 0.25) is 0 Å². The van der Waals surface area contributed by atoms with Crippen LogP contribution in [0.3, 0.4) is 0 Å². The largest absolute Gasteiger partial charge is 0.399 e. The number of nitrogen functional groups attached to an aromatic ring is 1. The first kappa shape index (κ1) is 26.7. The van der Waals surface area contributed by atoms with Gasteiger partial charge in [0.05, 0.1) is 0 Å². The molecule has 0 heterocycles. The van der Waals surface area contributed by atoms with E-state index in [2.05, 4.69) is 10.6 Å². The molecule has 0 fully saturated rings. The fourth-order valence-electron chi connectivity index (χ4n) is 2.57. The molecule has 0 aliphatic rings. The number of rotatable bonds is 9. The minimum atomic E-state index is -0.0899. The lowest BCUT2D eigenvalue weighted by Crippen LogP contribution is -2.31. The maximum absolute atomic E-state index is 12.0. The maximum atomic E-state index is 12.0. The highest BCUT2D eigenvalue weighted by Crippen LogP contribution is 2.12. The molecular weight excluding hydrogens is 411 g/mol. The Balaban J connectivity index is 0.00000392. The number of nitrogens with two attached hydrogens (primary N) is 1. The summed E-state index contributed by atoms with van der Waals surface area (Å²) in [5.41, 5.74) is 9.15. The zero-order valence-electron chi connectivity index (χ0n) is 16.8. The molecule has 0 saturated carbocycles. The molecule has 0 bridgehead atoms. The molecule has 2 aromatic carbocycles. The number of para-hydroxylation sites is 1. The van der Waals surface area contributed by atoms with Gasteiger partial charge >= 0.3 is 0 Å². The van der Waals surface area contributed by atoms with E-state index in [1.807, 2.05) is 55.4 Å². The fourth-order valence-corrected chi connectivity index (χ4v) is 2.57. The van der Waals surface area contributed by atoms with Gasteiger partial charge in [-0.05, 0) is 49.8 Å². The van der Waals surface area contributed by atoms with Crippen LogP contribution in [-0.4, -0.2) is 43.9 Å². The molecule has 2 amide bonds. The van der Waals surface area contributed by atoms with Crippen LogP contribution in [0.25, 0.3) is 0 Å². The van der Waals surface area contributed by atoms with E-state index in [-0.39, 0.29) is 36.6 Å². The van der Waals surface area contributed by atoms with Crippen LogP contribution >= 0.6 is 24.8 Å². The molecule has 6 nitrogen and oxygen atoms in total. The first-order valence-corrected chi connectivity index (χ1v) is 9.07. The average Bonchev–Trinajstić information content (AvgIpc) is 2.65. The second kappa shape index (κ2) is 13.8. The van der Waals surface area contributed by atoms with Crippen LogP contribution in [0, 0.1) is 0 Å². The zero-order chi connectivity index (χ0) is 19.6. The summed E-state index contributed by atoms with van der Waals surface area (Å²) >= 11 is 0. The van der Waals surface area contributed by atoms with Crippen molar-refractivity contribution in [2.24, 2.45) is 0 Å². The van der Waals surface area contributed by atoms with E-state index in [9.17, 15) is 9.59 Å². The quantitative estimate of drug-likeness (QED) is 0.523. The topological polar surface area (TPSA) is 87.5 Å². The third-order valence-corrected chi connectivity index (χ3v) is 4.23. The lowest BCUT2D eigenvalue weighted by molar-refractivity contribution is -0.121. The number of nitrogens with one attached hydrogen (secondary N) is 2. The number of hydrogen-bond acceptors (Lipinski definition) is 4. The van der Waals surface area contributed by atoms with E-state index in [0.717, 1.165) is 17.7 Å². The molecule has 0 aliphatic heterocycles. The summed E-state index contributed by atoms with van der Waals surface area (Å²) in [6, 6.07) is 14.8. The minimum absolute atomic E-state index is 0. The van der Waals surface area contributed by atoms with Crippen molar-refractivity contribution in [3.63, 3.8) is 0 Å². The van der Waals surface area contributed by atoms with Crippen molar-refractivity contribution in [1.29, 1.82) is 0 Å². The Morgan fingerprint density at radius 2 is 1.62 bits per heavy atom. The van der Waals surface area contributed by atoms with E-state index < -0.39 is 0 Å². The van der Waals surface area contributed by atoms with Gasteiger partial charge in [-0.1, -0.05) is 30.3 Å². The number of amides is 2. The minimum Gasteiger partial charge on any atom is -0.399 e. The number of carbonyl (C=O) groups is 2. The van der Waals surface area contributed by atoms with Crippen LogP contribution in [0.1, 0.15) is 27.9 Å². The van der Waals surface area contributed by atoms with Gasteiger partial charge in [-0.25, -0.2) is 0 Å². The monoisotopic (exact) mass is 440 g/mol. The first-order valence-electron chi connectivity index (χ1n) is 9.07. The van der Waals surface area contributed by atoms with Crippen LogP contribution < -0.4 is 16.4 Å². The molecule has 0 aliphatic carbocycles. The number of benzene rings is 2. The lowest BCUT2D eigenvalue weighted by Gasteiger charge is -2.11. The van der Waals surface area contributed by atoms with Crippen molar-refractivity contribution in [2.45, 2.75) is 19.4 Å². The molecule has 0 unspecified atom stereocenters. The summed E-state index contributed by atoms with van der Waals surface area (Å²) in [4.78, 5) is 26.1. The van der Waals surface area contributed by atoms with E-state index in [1.54, 1.807) is 12.1 Å². The number of aryl methyl sites for hydroxylation is 1. The standard InChI is InChI=1S/C21H28N4O2.2ClH/c1-25(2)14-13-23-21(27)18-9-7-16(8-10-18)15-24-20(26)12-11-17-5-3-4-6-19(17)22;;/h3-10H,11-15,22H2,1-2H3,(H,23,27)(H,24,26);2*1H. The Labute approximate surface area is 185 Å². The molecule has 0 aromatic heterocycles. The Morgan fingerprint density at radius 3 is 2.24 bits per heavy atom. The Bertz CT molecular complexity index is 768. The number of halogens is 2. The van der Waals surface area contributed by atoms with Gasteiger partial charge in [0.2, 0.25) is 5.91 Å². The van der Waals surface area contributed by atoms with Gasteiger partial charge in [0.15, 0.2) is 0 Å². The smallest absolute Gasteiger partial charge is 0.251 e. The number of anilines is 1. The van der Waals surface area contributed by atoms with E-state index in [4.69, 9.17) is 5.73 Å². The number of hydrogen-bond donors (Lipinski definition) is 3. The van der Waals surface area contributed by atoms with Gasteiger partial charge in [-0.15, -0.1) is 24.8 Å². The van der Waals surface area contributed by atoms with Gasteiger partial charge in [0.25, 0.3) is 5.91 Å². The number of nitrogens with zero attached hydrogens (tertiary/aromatic N) is 1. The average molecular weight is 441 g/mol. The van der Waals surface area contributed by atoms with Crippen molar-refractivity contribution in [1.82, 2.24) is 15.5 Å². The number of likely N-dealkylation sites (N-methyl/N-ethyl adjacent to an activating group) is 1. The van der Waals surface area contributed by atoms with E-state index in [1.165, 1.54) is 0 Å². The first-order chi connectivity index (χ1) is 13.0. The summed E-state index contributed by atoms with van der Waals surface area (Å²) in [6.07, 6.45) is 1.01. The highest BCUT2D eigenvalue weighted by Gasteiger charge is 2.07. The second-order valence-electron chi connectivity index (χ2n) is 6.73. The van der Waals surface area contributed by atoms with Crippen LogP contribution in [0.5, 0.6) is 0 Å². The van der Waals surface area contributed by atoms with E-state index >= 15 is 0 Å². The number of carbonyl (C=O) groups excluding carboxylic acids is 2. The van der Waals surface area contributed by atoms with Crippen LogP contribution in [-0.2, 0) is 17.8 Å². The molecule has 0 atom stereocenters. The van der Waals surface area contributed by atoms with Gasteiger partial charge in [0.1, 0.15) is 0 Å². The molecule has 2 rings (SSSR count). The van der Waals surface area contributed by atoms with Crippen molar-refractivity contribution < 1.29 is 9.59 Å². The molecule has 8 heteroatoms. The molecule has 4 N–H and O–H groups in total. The predicted molar refractivity (Wildman–Crippen MR) is 123 cm³/mol. The zero-order valence-corrected chi connectivity index (χ0v) is 18.4. The Hall–Kier alpha value is -2.28. The van der Waals surface area contributed by atoms with Gasteiger partial charge < -0.3 is 21.3 Å². The highest BCUT2D eigenvalue weighted by atomic mass is 35.5. The molecule has 0 spiro atoms. The third-order valence-electron chi connectivity index (χ3n) is 4.23. The summed E-state index contributed by atoms with van der Waals surface area (Å²) in [5, 5.41) is 5.77. The van der Waals surface area contributed by atoms with Crippen molar-refractivity contribution in [3.05, 3.63) is 65.2 Å². The molecule has 0 saturated heterocycles. The highest BCUT2D eigenvalue weighted by molar-refractivity contribution is 5.94. The summed E-state index contributed by atoms with van der Waals surface area (Å²) in [6.45, 7) is 1.84. The summed E-state index contributed by atoms with van der Waals surface area (Å²) < 4.78 is 0. The molecule has 160 valence electrons. The Kier molecular flexibility index (Phi) is 12.7. The van der Waals surface area contributed by atoms with Crippen LogP contribution in [0.4, 0.5) is 5.69 Å². The molecule has 29 heavy (non-hydrogen) atoms. The van der Waals surface area contributed by atoms with Gasteiger partial charge in [0, 0.05) is 37.3 Å². The normalized spacial score (nSPS) is 9.90. The fraction of sp³-hybridized carbons (Fsp3) is 0.333. The van der Waals surface area contributed by atoms with Crippen molar-refractivity contribution >= 4 is 42.3 Å². The van der Waals surface area contributed by atoms with Gasteiger partial charge in [-0.2, -0.15) is 0 Å². The molecule has 2 aromatic rings. The molecule has 0 radical (unpaired) electrons. The summed E-state index contributed by atoms with van der Waals surface area (Å²) in [7, 11) is 3.92. The maximum Gasteiger partial charge on any atom is 0.251 e. The predicted octanol–water partition coefficient (Wildman–Crippen LogP) is 2.65.